The SMILES string of the molecule is CC(=O)N1CCN(C(=O)C2(C)CNC(=O)C2)CC1. The second-order valence-electron chi connectivity index (χ2n) is 5.31. The third kappa shape index (κ3) is 2.32. The summed E-state index contributed by atoms with van der Waals surface area (Å²) in [6.45, 7) is 6.06. The summed E-state index contributed by atoms with van der Waals surface area (Å²) in [5.41, 5.74) is -0.616. The van der Waals surface area contributed by atoms with Gasteiger partial charge in [-0.15, -0.1) is 0 Å². The Labute approximate surface area is 106 Å². The highest BCUT2D eigenvalue weighted by Crippen LogP contribution is 2.28. The van der Waals surface area contributed by atoms with Gasteiger partial charge in [0.1, 0.15) is 0 Å². The van der Waals surface area contributed by atoms with Gasteiger partial charge in [0.25, 0.3) is 0 Å². The average molecular weight is 253 g/mol. The van der Waals surface area contributed by atoms with Crippen molar-refractivity contribution in [3.63, 3.8) is 0 Å². The Balaban J connectivity index is 1.95. The zero-order chi connectivity index (χ0) is 13.3. The van der Waals surface area contributed by atoms with Gasteiger partial charge in [0, 0.05) is 46.1 Å². The molecule has 0 aromatic rings. The molecule has 0 spiro atoms. The molecule has 2 heterocycles. The Morgan fingerprint density at radius 2 is 1.72 bits per heavy atom. The van der Waals surface area contributed by atoms with Crippen molar-refractivity contribution in [1.82, 2.24) is 15.1 Å². The molecule has 0 aliphatic carbocycles. The van der Waals surface area contributed by atoms with Gasteiger partial charge in [0.15, 0.2) is 0 Å². The average Bonchev–Trinajstić information content (AvgIpc) is 2.70. The molecule has 0 radical (unpaired) electrons. The third-order valence-corrected chi connectivity index (χ3v) is 3.75. The van der Waals surface area contributed by atoms with E-state index in [-0.39, 0.29) is 24.1 Å². The van der Waals surface area contributed by atoms with E-state index in [4.69, 9.17) is 0 Å². The Morgan fingerprint density at radius 3 is 2.17 bits per heavy atom. The number of carbonyl (C=O) groups is 3. The molecule has 18 heavy (non-hydrogen) atoms. The maximum absolute atomic E-state index is 12.4. The summed E-state index contributed by atoms with van der Waals surface area (Å²) in [4.78, 5) is 38.3. The fourth-order valence-electron chi connectivity index (χ4n) is 2.53. The van der Waals surface area contributed by atoms with E-state index < -0.39 is 5.41 Å². The summed E-state index contributed by atoms with van der Waals surface area (Å²) in [7, 11) is 0. The smallest absolute Gasteiger partial charge is 0.230 e. The minimum absolute atomic E-state index is 0.0176. The molecule has 0 bridgehead atoms. The highest BCUT2D eigenvalue weighted by atomic mass is 16.2. The van der Waals surface area contributed by atoms with E-state index in [0.29, 0.717) is 32.7 Å². The van der Waals surface area contributed by atoms with Crippen LogP contribution in [-0.4, -0.2) is 60.2 Å². The molecule has 1 N–H and O–H groups in total. The van der Waals surface area contributed by atoms with Crippen molar-refractivity contribution in [2.24, 2.45) is 5.41 Å². The van der Waals surface area contributed by atoms with Gasteiger partial charge in [0.2, 0.25) is 17.7 Å². The van der Waals surface area contributed by atoms with E-state index in [1.165, 1.54) is 0 Å². The number of rotatable bonds is 1. The number of hydrogen-bond acceptors (Lipinski definition) is 3. The van der Waals surface area contributed by atoms with Crippen LogP contribution in [0.2, 0.25) is 0 Å². The predicted octanol–water partition coefficient (Wildman–Crippen LogP) is -0.797. The standard InChI is InChI=1S/C12H19N3O3/c1-9(16)14-3-5-15(6-4-14)11(18)12(2)7-10(17)13-8-12/h3-8H2,1-2H3,(H,13,17). The van der Waals surface area contributed by atoms with Gasteiger partial charge in [0.05, 0.1) is 5.41 Å². The minimum Gasteiger partial charge on any atom is -0.355 e. The van der Waals surface area contributed by atoms with E-state index in [1.54, 1.807) is 16.7 Å². The number of piperazine rings is 1. The molecule has 2 saturated heterocycles. The van der Waals surface area contributed by atoms with Crippen LogP contribution >= 0.6 is 0 Å². The van der Waals surface area contributed by atoms with Crippen LogP contribution < -0.4 is 5.32 Å². The van der Waals surface area contributed by atoms with Crippen LogP contribution in [-0.2, 0) is 14.4 Å². The molecular formula is C12H19N3O3. The van der Waals surface area contributed by atoms with E-state index in [9.17, 15) is 14.4 Å². The van der Waals surface area contributed by atoms with Gasteiger partial charge in [-0.2, -0.15) is 0 Å². The second kappa shape index (κ2) is 4.59. The van der Waals surface area contributed by atoms with E-state index >= 15 is 0 Å². The zero-order valence-corrected chi connectivity index (χ0v) is 10.9. The highest BCUT2D eigenvalue weighted by molar-refractivity contribution is 5.92. The molecule has 2 rings (SSSR count). The zero-order valence-electron chi connectivity index (χ0n) is 10.9. The monoisotopic (exact) mass is 253 g/mol. The Morgan fingerprint density at radius 1 is 1.17 bits per heavy atom. The number of amides is 3. The van der Waals surface area contributed by atoms with Crippen LogP contribution in [0.5, 0.6) is 0 Å². The normalized spacial score (nSPS) is 28.2. The lowest BCUT2D eigenvalue weighted by Crippen LogP contribution is -2.53. The van der Waals surface area contributed by atoms with Crippen LogP contribution in [0.15, 0.2) is 0 Å². The predicted molar refractivity (Wildman–Crippen MR) is 64.6 cm³/mol. The molecule has 100 valence electrons. The fourth-order valence-corrected chi connectivity index (χ4v) is 2.53. The number of carbonyl (C=O) groups excluding carboxylic acids is 3. The summed E-state index contributed by atoms with van der Waals surface area (Å²) < 4.78 is 0. The van der Waals surface area contributed by atoms with Crippen molar-refractivity contribution in [3.05, 3.63) is 0 Å². The van der Waals surface area contributed by atoms with Crippen LogP contribution in [0.25, 0.3) is 0 Å². The van der Waals surface area contributed by atoms with Crippen molar-refractivity contribution >= 4 is 17.7 Å². The Bertz CT molecular complexity index is 388. The number of nitrogens with one attached hydrogen (secondary N) is 1. The largest absolute Gasteiger partial charge is 0.355 e. The van der Waals surface area contributed by atoms with Crippen molar-refractivity contribution in [2.75, 3.05) is 32.7 Å². The van der Waals surface area contributed by atoms with E-state index in [1.807, 2.05) is 6.92 Å². The maximum Gasteiger partial charge on any atom is 0.230 e. The van der Waals surface area contributed by atoms with Gasteiger partial charge in [-0.1, -0.05) is 0 Å². The molecule has 2 fully saturated rings. The third-order valence-electron chi connectivity index (χ3n) is 3.75. The first-order valence-corrected chi connectivity index (χ1v) is 6.24. The summed E-state index contributed by atoms with van der Waals surface area (Å²) in [5, 5.41) is 2.71. The fraction of sp³-hybridized carbons (Fsp3) is 0.750. The molecule has 0 saturated carbocycles. The van der Waals surface area contributed by atoms with Gasteiger partial charge in [-0.25, -0.2) is 0 Å². The summed E-state index contributed by atoms with van der Waals surface area (Å²) in [6.07, 6.45) is 0.263. The summed E-state index contributed by atoms with van der Waals surface area (Å²) in [6, 6.07) is 0. The second-order valence-corrected chi connectivity index (χ2v) is 5.31. The number of nitrogens with zero attached hydrogens (tertiary/aromatic N) is 2. The van der Waals surface area contributed by atoms with E-state index in [2.05, 4.69) is 5.32 Å². The molecule has 1 atom stereocenters. The number of hydrogen-bond donors (Lipinski definition) is 1. The van der Waals surface area contributed by atoms with E-state index in [0.717, 1.165) is 0 Å². The van der Waals surface area contributed by atoms with Gasteiger partial charge in [-0.3, -0.25) is 14.4 Å². The van der Waals surface area contributed by atoms with Crippen LogP contribution in [0.3, 0.4) is 0 Å². The molecular weight excluding hydrogens is 234 g/mol. The topological polar surface area (TPSA) is 69.7 Å². The van der Waals surface area contributed by atoms with Crippen molar-refractivity contribution in [1.29, 1.82) is 0 Å². The van der Waals surface area contributed by atoms with Gasteiger partial charge < -0.3 is 15.1 Å². The molecule has 1 unspecified atom stereocenters. The molecule has 6 nitrogen and oxygen atoms in total. The molecule has 2 aliphatic rings. The molecule has 0 aromatic carbocycles. The molecule has 3 amide bonds. The highest BCUT2D eigenvalue weighted by Gasteiger charge is 2.43. The Kier molecular flexibility index (Phi) is 3.28. The first kappa shape index (κ1) is 12.9. The minimum atomic E-state index is -0.616. The van der Waals surface area contributed by atoms with Crippen LogP contribution in [0, 0.1) is 5.41 Å². The lowest BCUT2D eigenvalue weighted by Gasteiger charge is -2.37. The molecule has 6 heteroatoms. The summed E-state index contributed by atoms with van der Waals surface area (Å²) >= 11 is 0. The first-order chi connectivity index (χ1) is 8.42. The van der Waals surface area contributed by atoms with Gasteiger partial charge >= 0.3 is 0 Å². The van der Waals surface area contributed by atoms with Crippen molar-refractivity contribution in [2.45, 2.75) is 20.3 Å². The van der Waals surface area contributed by atoms with Crippen molar-refractivity contribution in [3.8, 4) is 0 Å². The lowest BCUT2D eigenvalue weighted by molar-refractivity contribution is -0.145. The van der Waals surface area contributed by atoms with Crippen LogP contribution in [0.4, 0.5) is 0 Å². The van der Waals surface area contributed by atoms with Gasteiger partial charge in [-0.05, 0) is 6.92 Å². The molecule has 0 aromatic heterocycles. The molecule has 2 aliphatic heterocycles. The quantitative estimate of drug-likeness (QED) is 0.665. The lowest BCUT2D eigenvalue weighted by atomic mass is 9.87. The maximum atomic E-state index is 12.4. The summed E-state index contributed by atoms with van der Waals surface area (Å²) in [5.74, 6) is 0.00305. The Hall–Kier alpha value is -1.59. The van der Waals surface area contributed by atoms with Crippen LogP contribution in [0.1, 0.15) is 20.3 Å². The van der Waals surface area contributed by atoms with Crippen molar-refractivity contribution < 1.29 is 14.4 Å². The first-order valence-electron chi connectivity index (χ1n) is 6.24.